The van der Waals surface area contributed by atoms with E-state index in [1.54, 1.807) is 36.4 Å². The van der Waals surface area contributed by atoms with Crippen molar-refractivity contribution in [2.45, 2.75) is 87.2 Å². The van der Waals surface area contributed by atoms with Gasteiger partial charge in [0.25, 0.3) is 20.2 Å². The molecule has 8 nitrogen and oxygen atoms in total. The van der Waals surface area contributed by atoms with Gasteiger partial charge in [0.2, 0.25) is 0 Å². The van der Waals surface area contributed by atoms with Crippen LogP contribution in [-0.4, -0.2) is 48.4 Å². The molecule has 208 valence electrons. The van der Waals surface area contributed by atoms with Crippen molar-refractivity contribution in [1.29, 1.82) is 0 Å². The van der Waals surface area contributed by atoms with E-state index >= 15 is 0 Å². The summed E-state index contributed by atoms with van der Waals surface area (Å²) in [6, 6.07) is 14.8. The Hall–Kier alpha value is -1.82. The molecule has 37 heavy (non-hydrogen) atoms. The average molecular weight is 557 g/mol. The van der Waals surface area contributed by atoms with Crippen molar-refractivity contribution in [1.82, 2.24) is 0 Å². The first kappa shape index (κ1) is 31.4. The standard InChI is InChI=1S/C15H28O2.2C6H6O3S/c1-15(2,11-3-7-13(16)8-4-11)12-5-9-14(17)10-6-12;2*7-10(8,9)6-4-2-1-3-5-6/h11-14,16-17H,3-10H2,1-2H3;2*1-5H,(H,7,8,9). The highest BCUT2D eigenvalue weighted by atomic mass is 32.2. The highest BCUT2D eigenvalue weighted by molar-refractivity contribution is 7.86. The van der Waals surface area contributed by atoms with Crippen LogP contribution in [0.25, 0.3) is 0 Å². The van der Waals surface area contributed by atoms with E-state index in [1.165, 1.54) is 49.9 Å². The molecule has 0 unspecified atom stereocenters. The molecule has 0 aromatic heterocycles. The molecule has 0 radical (unpaired) electrons. The van der Waals surface area contributed by atoms with Gasteiger partial charge in [-0.3, -0.25) is 9.11 Å². The summed E-state index contributed by atoms with van der Waals surface area (Å²) in [5.74, 6) is 1.54. The highest BCUT2D eigenvalue weighted by Gasteiger charge is 2.39. The summed E-state index contributed by atoms with van der Waals surface area (Å²) in [6.45, 7) is 4.83. The van der Waals surface area contributed by atoms with Crippen molar-refractivity contribution in [3.63, 3.8) is 0 Å². The van der Waals surface area contributed by atoms with E-state index in [2.05, 4.69) is 13.8 Å². The predicted octanol–water partition coefficient (Wildman–Crippen LogP) is 4.98. The Bertz CT molecular complexity index is 1040. The summed E-state index contributed by atoms with van der Waals surface area (Å²) in [4.78, 5) is -0.148. The van der Waals surface area contributed by atoms with E-state index in [0.29, 0.717) is 5.41 Å². The van der Waals surface area contributed by atoms with Crippen LogP contribution in [0, 0.1) is 17.3 Å². The molecule has 2 aromatic rings. The Kier molecular flexibility index (Phi) is 11.7. The maximum atomic E-state index is 10.4. The van der Waals surface area contributed by atoms with Gasteiger partial charge in [-0.1, -0.05) is 50.2 Å². The predicted molar refractivity (Wildman–Crippen MR) is 142 cm³/mol. The van der Waals surface area contributed by atoms with Gasteiger partial charge in [0.05, 0.1) is 22.0 Å². The lowest BCUT2D eigenvalue weighted by Crippen LogP contribution is -2.38. The zero-order valence-electron chi connectivity index (χ0n) is 21.5. The highest BCUT2D eigenvalue weighted by Crippen LogP contribution is 2.48. The van der Waals surface area contributed by atoms with Gasteiger partial charge in [0.15, 0.2) is 0 Å². The number of rotatable bonds is 4. The molecule has 2 aliphatic rings. The molecule has 2 aromatic carbocycles. The van der Waals surface area contributed by atoms with Crippen LogP contribution < -0.4 is 0 Å². The van der Waals surface area contributed by atoms with Gasteiger partial charge < -0.3 is 10.2 Å². The molecule has 0 aliphatic heterocycles. The molecule has 0 amide bonds. The van der Waals surface area contributed by atoms with Crippen molar-refractivity contribution < 1.29 is 36.2 Å². The molecule has 4 N–H and O–H groups in total. The summed E-state index contributed by atoms with van der Waals surface area (Å²) in [5, 5.41) is 19.2. The third-order valence-corrected chi connectivity index (χ3v) is 9.32. The molecule has 4 rings (SSSR count). The third kappa shape index (κ3) is 10.5. The fourth-order valence-corrected chi connectivity index (χ4v) is 6.16. The van der Waals surface area contributed by atoms with Gasteiger partial charge in [0.1, 0.15) is 0 Å². The van der Waals surface area contributed by atoms with Crippen molar-refractivity contribution >= 4 is 20.2 Å². The molecule has 0 heterocycles. The smallest absolute Gasteiger partial charge is 0.294 e. The number of benzene rings is 2. The Morgan fingerprint density at radius 2 is 0.838 bits per heavy atom. The van der Waals surface area contributed by atoms with Gasteiger partial charge in [-0.25, -0.2) is 0 Å². The van der Waals surface area contributed by atoms with E-state index in [0.717, 1.165) is 37.5 Å². The van der Waals surface area contributed by atoms with Gasteiger partial charge in [-0.05, 0) is 92.9 Å². The fraction of sp³-hybridized carbons (Fsp3) is 0.556. The third-order valence-electron chi connectivity index (χ3n) is 7.58. The van der Waals surface area contributed by atoms with E-state index in [4.69, 9.17) is 9.11 Å². The first-order valence-electron chi connectivity index (χ1n) is 12.6. The Morgan fingerprint density at radius 3 is 1.05 bits per heavy atom. The zero-order chi connectivity index (χ0) is 27.7. The van der Waals surface area contributed by atoms with Crippen molar-refractivity contribution in [2.24, 2.45) is 17.3 Å². The second kappa shape index (κ2) is 13.8. The molecular weight excluding hydrogens is 516 g/mol. The summed E-state index contributed by atoms with van der Waals surface area (Å²) >= 11 is 0. The van der Waals surface area contributed by atoms with Gasteiger partial charge in [-0.15, -0.1) is 0 Å². The number of hydrogen-bond acceptors (Lipinski definition) is 6. The van der Waals surface area contributed by atoms with Crippen LogP contribution in [0.3, 0.4) is 0 Å². The lowest BCUT2D eigenvalue weighted by molar-refractivity contribution is 0.00233. The van der Waals surface area contributed by atoms with Crippen molar-refractivity contribution in [3.05, 3.63) is 60.7 Å². The molecule has 2 fully saturated rings. The van der Waals surface area contributed by atoms with Crippen LogP contribution in [0.2, 0.25) is 0 Å². The fourth-order valence-electron chi connectivity index (χ4n) is 5.16. The first-order chi connectivity index (χ1) is 17.2. The zero-order valence-corrected chi connectivity index (χ0v) is 23.1. The normalized spacial score (nSPS) is 24.6. The van der Waals surface area contributed by atoms with Gasteiger partial charge >= 0.3 is 0 Å². The van der Waals surface area contributed by atoms with Crippen LogP contribution in [0.4, 0.5) is 0 Å². The van der Waals surface area contributed by atoms with E-state index in [1.807, 2.05) is 0 Å². The second-order valence-corrected chi connectivity index (χ2v) is 13.3. The summed E-state index contributed by atoms with van der Waals surface area (Å²) in [7, 11) is -8.01. The lowest BCUT2D eigenvalue weighted by atomic mass is 9.60. The Labute approximate surface area is 221 Å². The topological polar surface area (TPSA) is 149 Å². The van der Waals surface area contributed by atoms with E-state index in [-0.39, 0.29) is 22.0 Å². The van der Waals surface area contributed by atoms with Crippen LogP contribution in [0.5, 0.6) is 0 Å². The van der Waals surface area contributed by atoms with Crippen LogP contribution in [0.15, 0.2) is 70.5 Å². The minimum atomic E-state index is -4.00. The largest absolute Gasteiger partial charge is 0.393 e. The number of hydrogen-bond donors (Lipinski definition) is 4. The van der Waals surface area contributed by atoms with E-state index < -0.39 is 20.2 Å². The maximum absolute atomic E-state index is 10.4. The molecule has 2 aliphatic carbocycles. The van der Waals surface area contributed by atoms with Crippen molar-refractivity contribution in [3.8, 4) is 0 Å². The van der Waals surface area contributed by atoms with Crippen molar-refractivity contribution in [2.75, 3.05) is 0 Å². The molecule has 0 atom stereocenters. The number of aliphatic hydroxyl groups excluding tert-OH is 2. The maximum Gasteiger partial charge on any atom is 0.294 e. The summed E-state index contributed by atoms with van der Waals surface area (Å²) < 4.78 is 58.5. The monoisotopic (exact) mass is 556 g/mol. The lowest BCUT2D eigenvalue weighted by Gasteiger charge is -2.46. The van der Waals surface area contributed by atoms with Crippen LogP contribution in [0.1, 0.15) is 65.2 Å². The first-order valence-corrected chi connectivity index (χ1v) is 15.5. The Balaban J connectivity index is 0.000000208. The molecule has 0 saturated heterocycles. The molecule has 0 spiro atoms. The SMILES string of the molecule is CC(C)(C1CCC(O)CC1)C1CCC(O)CC1.O=S(=O)(O)c1ccccc1.O=S(=O)(O)c1ccccc1. The summed E-state index contributed by atoms with van der Waals surface area (Å²) in [5.41, 5.74) is 0.389. The Morgan fingerprint density at radius 1 is 0.568 bits per heavy atom. The molecule has 10 heteroatoms. The quantitative estimate of drug-likeness (QED) is 0.385. The van der Waals surface area contributed by atoms with E-state index in [9.17, 15) is 27.0 Å². The second-order valence-electron chi connectivity index (χ2n) is 10.4. The minimum Gasteiger partial charge on any atom is -0.393 e. The minimum absolute atomic E-state index is 0.0461. The number of aliphatic hydroxyl groups is 2. The molecular formula is C27H40O8S2. The van der Waals surface area contributed by atoms with Crippen LogP contribution >= 0.6 is 0 Å². The van der Waals surface area contributed by atoms with Gasteiger partial charge in [-0.2, -0.15) is 16.8 Å². The van der Waals surface area contributed by atoms with Crippen LogP contribution in [-0.2, 0) is 20.2 Å². The summed E-state index contributed by atoms with van der Waals surface area (Å²) in [6.07, 6.45) is 8.62. The molecule has 0 bridgehead atoms. The van der Waals surface area contributed by atoms with Gasteiger partial charge in [0, 0.05) is 0 Å². The average Bonchev–Trinajstić information content (AvgIpc) is 2.85. The molecule has 2 saturated carbocycles.